The zero-order valence-electron chi connectivity index (χ0n) is 14.5. The lowest BCUT2D eigenvalue weighted by Gasteiger charge is -2.16. The molecule has 1 aliphatic carbocycles. The second-order valence-electron chi connectivity index (χ2n) is 6.13. The number of guanidine groups is 1. The first kappa shape index (κ1) is 20.1. The molecule has 0 radical (unpaired) electrons. The molecule has 0 unspecified atom stereocenters. The molecular weight excluding hydrogens is 401 g/mol. The lowest BCUT2D eigenvalue weighted by Crippen LogP contribution is -2.42. The highest BCUT2D eigenvalue weighted by Crippen LogP contribution is 2.17. The van der Waals surface area contributed by atoms with E-state index < -0.39 is 0 Å². The molecule has 1 aromatic rings. The molecule has 2 rings (SSSR count). The summed E-state index contributed by atoms with van der Waals surface area (Å²) in [5.74, 6) is 1.84. The van der Waals surface area contributed by atoms with E-state index in [1.807, 2.05) is 26.0 Å². The number of hydrogen-bond donors (Lipinski definition) is 2. The van der Waals surface area contributed by atoms with Crippen molar-refractivity contribution >= 4 is 29.9 Å². The second kappa shape index (κ2) is 10.7. The third kappa shape index (κ3) is 7.42. The van der Waals surface area contributed by atoms with Gasteiger partial charge in [-0.25, -0.2) is 4.99 Å². The van der Waals surface area contributed by atoms with Crippen LogP contribution in [0.4, 0.5) is 0 Å². The van der Waals surface area contributed by atoms with Gasteiger partial charge < -0.3 is 15.4 Å². The van der Waals surface area contributed by atoms with Crippen molar-refractivity contribution in [1.82, 2.24) is 10.6 Å². The molecule has 0 spiro atoms. The minimum atomic E-state index is 0. The average Bonchev–Trinajstić information content (AvgIpc) is 2.99. The predicted molar refractivity (Wildman–Crippen MR) is 108 cm³/mol. The number of halogens is 1. The lowest BCUT2D eigenvalue weighted by molar-refractivity contribution is 0.242. The van der Waals surface area contributed by atoms with E-state index in [4.69, 9.17) is 9.73 Å². The first-order valence-electron chi connectivity index (χ1n) is 8.48. The predicted octanol–water partition coefficient (Wildman–Crippen LogP) is 4.09. The molecule has 0 bridgehead atoms. The smallest absolute Gasteiger partial charge is 0.191 e. The molecule has 0 heterocycles. The molecule has 23 heavy (non-hydrogen) atoms. The van der Waals surface area contributed by atoms with Gasteiger partial charge in [-0.05, 0) is 51.3 Å². The van der Waals surface area contributed by atoms with Gasteiger partial charge in [-0.3, -0.25) is 0 Å². The largest absolute Gasteiger partial charge is 0.491 e. The lowest BCUT2D eigenvalue weighted by atomic mass is 10.2. The molecule has 2 N–H and O–H groups in total. The molecule has 1 aromatic carbocycles. The van der Waals surface area contributed by atoms with Gasteiger partial charge in [-0.2, -0.15) is 0 Å². The number of ether oxygens (including phenoxy) is 1. The highest BCUT2D eigenvalue weighted by Gasteiger charge is 2.15. The number of hydrogen-bond acceptors (Lipinski definition) is 2. The van der Waals surface area contributed by atoms with E-state index in [2.05, 4.69) is 29.7 Å². The van der Waals surface area contributed by atoms with Crippen molar-refractivity contribution in [3.63, 3.8) is 0 Å². The van der Waals surface area contributed by atoms with Gasteiger partial charge in [0.15, 0.2) is 5.96 Å². The molecule has 0 saturated heterocycles. The Morgan fingerprint density at radius 1 is 1.22 bits per heavy atom. The van der Waals surface area contributed by atoms with E-state index in [9.17, 15) is 0 Å². The fourth-order valence-electron chi connectivity index (χ4n) is 2.70. The second-order valence-corrected chi connectivity index (χ2v) is 6.13. The topological polar surface area (TPSA) is 45.7 Å². The number of aliphatic imine (C=N–C) groups is 1. The number of nitrogens with one attached hydrogen (secondary N) is 2. The summed E-state index contributed by atoms with van der Waals surface area (Å²) < 4.78 is 5.66. The van der Waals surface area contributed by atoms with Crippen molar-refractivity contribution in [3.8, 4) is 5.75 Å². The van der Waals surface area contributed by atoms with Gasteiger partial charge in [0.1, 0.15) is 5.75 Å². The van der Waals surface area contributed by atoms with Crippen LogP contribution in [-0.4, -0.2) is 24.7 Å². The molecule has 0 amide bonds. The number of benzene rings is 1. The van der Waals surface area contributed by atoms with Gasteiger partial charge in [0.2, 0.25) is 0 Å². The van der Waals surface area contributed by atoms with Crippen LogP contribution in [0.1, 0.15) is 52.0 Å². The van der Waals surface area contributed by atoms with E-state index in [0.717, 1.165) is 18.3 Å². The van der Waals surface area contributed by atoms with Crippen molar-refractivity contribution in [2.45, 2.75) is 65.1 Å². The molecule has 0 aliphatic heterocycles. The molecule has 0 atom stereocenters. The van der Waals surface area contributed by atoms with Crippen molar-refractivity contribution < 1.29 is 4.74 Å². The zero-order valence-corrected chi connectivity index (χ0v) is 16.8. The van der Waals surface area contributed by atoms with E-state index >= 15 is 0 Å². The Hall–Kier alpha value is -0.980. The van der Waals surface area contributed by atoms with Crippen LogP contribution in [-0.2, 0) is 6.54 Å². The first-order chi connectivity index (χ1) is 10.7. The third-order valence-corrected chi connectivity index (χ3v) is 3.76. The van der Waals surface area contributed by atoms with Crippen LogP contribution < -0.4 is 15.4 Å². The molecular formula is C18H30IN3O. The molecule has 1 fully saturated rings. The fraction of sp³-hybridized carbons (Fsp3) is 0.611. The summed E-state index contributed by atoms with van der Waals surface area (Å²) in [6, 6.07) is 8.78. The van der Waals surface area contributed by atoms with E-state index in [1.165, 1.54) is 31.2 Å². The zero-order chi connectivity index (χ0) is 15.8. The van der Waals surface area contributed by atoms with Gasteiger partial charge in [0.25, 0.3) is 0 Å². The van der Waals surface area contributed by atoms with Crippen LogP contribution in [0.2, 0.25) is 0 Å². The Morgan fingerprint density at radius 2 is 1.87 bits per heavy atom. The minimum absolute atomic E-state index is 0. The maximum absolute atomic E-state index is 5.66. The van der Waals surface area contributed by atoms with Crippen LogP contribution in [0.15, 0.2) is 29.3 Å². The summed E-state index contributed by atoms with van der Waals surface area (Å²) in [4.78, 5) is 4.69. The van der Waals surface area contributed by atoms with Crippen molar-refractivity contribution in [3.05, 3.63) is 29.8 Å². The molecule has 1 saturated carbocycles. The Balaban J connectivity index is 0.00000264. The number of rotatable bonds is 6. The first-order valence-corrected chi connectivity index (χ1v) is 8.48. The summed E-state index contributed by atoms with van der Waals surface area (Å²) in [7, 11) is 0. The van der Waals surface area contributed by atoms with Crippen LogP contribution in [0.5, 0.6) is 5.75 Å². The SMILES string of the molecule is CCNC(=NCc1ccc(OC(C)C)cc1)NC1CCCC1.I. The Bertz CT molecular complexity index is 468. The van der Waals surface area contributed by atoms with Crippen LogP contribution in [0.25, 0.3) is 0 Å². The Labute approximate surface area is 157 Å². The average molecular weight is 431 g/mol. The fourth-order valence-corrected chi connectivity index (χ4v) is 2.70. The van der Waals surface area contributed by atoms with Crippen LogP contribution in [0.3, 0.4) is 0 Å². The van der Waals surface area contributed by atoms with Gasteiger partial charge in [0, 0.05) is 12.6 Å². The van der Waals surface area contributed by atoms with Gasteiger partial charge >= 0.3 is 0 Å². The quantitative estimate of drug-likeness (QED) is 0.405. The van der Waals surface area contributed by atoms with Crippen molar-refractivity contribution in [2.75, 3.05) is 6.54 Å². The van der Waals surface area contributed by atoms with E-state index in [-0.39, 0.29) is 30.1 Å². The maximum atomic E-state index is 5.66. The summed E-state index contributed by atoms with van der Waals surface area (Å²) in [5.41, 5.74) is 1.19. The van der Waals surface area contributed by atoms with Crippen molar-refractivity contribution in [2.24, 2.45) is 4.99 Å². The normalized spacial score (nSPS) is 15.4. The Kier molecular flexibility index (Phi) is 9.36. The highest BCUT2D eigenvalue weighted by atomic mass is 127. The van der Waals surface area contributed by atoms with Gasteiger partial charge in [0.05, 0.1) is 12.6 Å². The summed E-state index contributed by atoms with van der Waals surface area (Å²) in [6.07, 6.45) is 5.37. The molecule has 1 aliphatic rings. The van der Waals surface area contributed by atoms with Crippen molar-refractivity contribution in [1.29, 1.82) is 0 Å². The highest BCUT2D eigenvalue weighted by molar-refractivity contribution is 14.0. The van der Waals surface area contributed by atoms with Gasteiger partial charge in [-0.1, -0.05) is 25.0 Å². The molecule has 130 valence electrons. The Morgan fingerprint density at radius 3 is 2.43 bits per heavy atom. The van der Waals surface area contributed by atoms with Crippen LogP contribution >= 0.6 is 24.0 Å². The maximum Gasteiger partial charge on any atom is 0.191 e. The molecule has 4 nitrogen and oxygen atoms in total. The van der Waals surface area contributed by atoms with Gasteiger partial charge in [-0.15, -0.1) is 24.0 Å². The summed E-state index contributed by atoms with van der Waals surface area (Å²) in [5, 5.41) is 6.87. The van der Waals surface area contributed by atoms with Crippen LogP contribution in [0, 0.1) is 0 Å². The minimum Gasteiger partial charge on any atom is -0.491 e. The molecule has 5 heteroatoms. The third-order valence-electron chi connectivity index (χ3n) is 3.76. The summed E-state index contributed by atoms with van der Waals surface area (Å²) in [6.45, 7) is 7.75. The number of nitrogens with zero attached hydrogens (tertiary/aromatic N) is 1. The summed E-state index contributed by atoms with van der Waals surface area (Å²) >= 11 is 0. The van der Waals surface area contributed by atoms with E-state index in [0.29, 0.717) is 12.6 Å². The standard InChI is InChI=1S/C18H29N3O.HI/c1-4-19-18(21-16-7-5-6-8-16)20-13-15-9-11-17(12-10-15)22-14(2)3;/h9-12,14,16H,4-8,13H2,1-3H3,(H2,19,20,21);1H. The molecule has 0 aromatic heterocycles. The monoisotopic (exact) mass is 431 g/mol. The van der Waals surface area contributed by atoms with E-state index in [1.54, 1.807) is 0 Å².